The summed E-state index contributed by atoms with van der Waals surface area (Å²) < 4.78 is 0. The molecule has 0 aliphatic rings. The van der Waals surface area contributed by atoms with Gasteiger partial charge < -0.3 is 0 Å². The molecule has 0 aliphatic heterocycles. The van der Waals surface area contributed by atoms with Gasteiger partial charge in [-0.3, -0.25) is 9.78 Å². The van der Waals surface area contributed by atoms with Gasteiger partial charge in [-0.15, -0.1) is 0 Å². The molecule has 0 amide bonds. The van der Waals surface area contributed by atoms with E-state index in [1.807, 2.05) is 37.3 Å². The van der Waals surface area contributed by atoms with E-state index in [1.54, 1.807) is 18.3 Å². The molecule has 3 heteroatoms. The first-order chi connectivity index (χ1) is 9.70. The summed E-state index contributed by atoms with van der Waals surface area (Å²) in [6.45, 7) is 2.03. The largest absolute Gasteiger partial charge is 0.294 e. The normalized spacial score (nSPS) is 11.6. The summed E-state index contributed by atoms with van der Waals surface area (Å²) in [5.74, 6) is 0.310. The Balaban J connectivity index is 1.97. The van der Waals surface area contributed by atoms with Crippen molar-refractivity contribution in [3.63, 3.8) is 0 Å². The number of Topliss-reactive ketones (excluding diaryl/α,β-unsaturated/α-hetero) is 1. The molecule has 0 N–H and O–H groups in total. The number of hydrogen-bond donors (Lipinski definition) is 0. The highest BCUT2D eigenvalue weighted by molar-refractivity contribution is 5.95. The van der Waals surface area contributed by atoms with E-state index in [-0.39, 0.29) is 11.7 Å². The molecule has 1 aromatic heterocycles. The number of hydrogen-bond acceptors (Lipinski definition) is 3. The lowest BCUT2D eigenvalue weighted by molar-refractivity contribution is 0.0978. The summed E-state index contributed by atoms with van der Waals surface area (Å²) in [6, 6.07) is 14.9. The van der Waals surface area contributed by atoms with Gasteiger partial charge >= 0.3 is 0 Å². The van der Waals surface area contributed by atoms with Crippen molar-refractivity contribution in [1.29, 1.82) is 5.26 Å². The van der Waals surface area contributed by atoms with Crippen molar-refractivity contribution in [3.8, 4) is 6.07 Å². The topological polar surface area (TPSA) is 53.8 Å². The van der Waals surface area contributed by atoms with Crippen molar-refractivity contribution in [1.82, 2.24) is 4.98 Å². The van der Waals surface area contributed by atoms with Crippen molar-refractivity contribution < 1.29 is 4.79 Å². The first kappa shape index (κ1) is 14.0. The fraction of sp³-hybridized carbons (Fsp3) is 0.235. The predicted octanol–water partition coefficient (Wildman–Crippen LogP) is 3.72. The molecule has 0 saturated heterocycles. The maximum Gasteiger partial charge on any atom is 0.162 e. The first-order valence-corrected chi connectivity index (χ1v) is 6.65. The molecule has 1 heterocycles. The van der Waals surface area contributed by atoms with Gasteiger partial charge in [-0.2, -0.15) is 5.26 Å². The number of aromatic nitrogens is 1. The molecule has 2 aromatic rings. The van der Waals surface area contributed by atoms with Gasteiger partial charge in [0, 0.05) is 23.9 Å². The number of ketones is 1. The van der Waals surface area contributed by atoms with Crippen molar-refractivity contribution in [2.24, 2.45) is 0 Å². The van der Waals surface area contributed by atoms with E-state index in [1.165, 1.54) is 0 Å². The summed E-state index contributed by atoms with van der Waals surface area (Å²) >= 11 is 0. The molecule has 0 bridgehead atoms. The minimum absolute atomic E-state index is 0.147. The third-order valence-corrected chi connectivity index (χ3v) is 3.32. The fourth-order valence-corrected chi connectivity index (χ4v) is 2.05. The second kappa shape index (κ2) is 6.63. The zero-order chi connectivity index (χ0) is 14.4. The maximum atomic E-state index is 12.0. The van der Waals surface area contributed by atoms with Crippen LogP contribution in [0.15, 0.2) is 48.7 Å². The van der Waals surface area contributed by atoms with Crippen LogP contribution < -0.4 is 0 Å². The zero-order valence-electron chi connectivity index (χ0n) is 11.4. The summed E-state index contributed by atoms with van der Waals surface area (Å²) in [6.07, 6.45) is 2.86. The van der Waals surface area contributed by atoms with Crippen LogP contribution in [0.1, 0.15) is 47.3 Å². The zero-order valence-corrected chi connectivity index (χ0v) is 11.4. The van der Waals surface area contributed by atoms with E-state index in [9.17, 15) is 4.79 Å². The van der Waals surface area contributed by atoms with Crippen LogP contribution in [0.2, 0.25) is 0 Å². The van der Waals surface area contributed by atoms with Crippen LogP contribution in [-0.2, 0) is 0 Å². The van der Waals surface area contributed by atoms with Gasteiger partial charge in [-0.05, 0) is 24.5 Å². The molecule has 1 atom stereocenters. The summed E-state index contributed by atoms with van der Waals surface area (Å²) in [4.78, 5) is 16.3. The number of nitrogens with zero attached hydrogens (tertiary/aromatic N) is 2. The van der Waals surface area contributed by atoms with Gasteiger partial charge in [0.1, 0.15) is 0 Å². The third-order valence-electron chi connectivity index (χ3n) is 3.32. The maximum absolute atomic E-state index is 12.0. The Labute approximate surface area is 118 Å². The van der Waals surface area contributed by atoms with E-state index < -0.39 is 0 Å². The van der Waals surface area contributed by atoms with E-state index in [2.05, 4.69) is 11.1 Å². The Hall–Kier alpha value is -2.47. The van der Waals surface area contributed by atoms with Gasteiger partial charge in [0.05, 0.1) is 11.6 Å². The molecule has 1 unspecified atom stereocenters. The molecule has 2 rings (SSSR count). The van der Waals surface area contributed by atoms with Gasteiger partial charge in [-0.25, -0.2) is 0 Å². The SMILES string of the molecule is CC(CCC(=O)c1ccccc1)c1cc(C#N)ccn1. The van der Waals surface area contributed by atoms with Crippen molar-refractivity contribution >= 4 is 5.78 Å². The highest BCUT2D eigenvalue weighted by Crippen LogP contribution is 2.20. The lowest BCUT2D eigenvalue weighted by Crippen LogP contribution is -2.03. The second-order valence-electron chi connectivity index (χ2n) is 4.81. The van der Waals surface area contributed by atoms with Gasteiger partial charge in [0.25, 0.3) is 0 Å². The van der Waals surface area contributed by atoms with E-state index in [0.717, 1.165) is 17.7 Å². The van der Waals surface area contributed by atoms with Crippen LogP contribution in [0, 0.1) is 11.3 Å². The minimum Gasteiger partial charge on any atom is -0.294 e. The molecule has 0 fully saturated rings. The first-order valence-electron chi connectivity index (χ1n) is 6.65. The molecule has 0 aliphatic carbocycles. The molecule has 20 heavy (non-hydrogen) atoms. The van der Waals surface area contributed by atoms with Crippen molar-refractivity contribution in [2.75, 3.05) is 0 Å². The van der Waals surface area contributed by atoms with Crippen molar-refractivity contribution in [2.45, 2.75) is 25.7 Å². The average Bonchev–Trinajstić information content (AvgIpc) is 2.53. The Morgan fingerprint density at radius 3 is 2.75 bits per heavy atom. The molecule has 0 spiro atoms. The van der Waals surface area contributed by atoms with Crippen LogP contribution >= 0.6 is 0 Å². The highest BCUT2D eigenvalue weighted by Gasteiger charge is 2.11. The van der Waals surface area contributed by atoms with Crippen LogP contribution in [0.5, 0.6) is 0 Å². The number of pyridine rings is 1. The molecular formula is C17H16N2O. The fourth-order valence-electron chi connectivity index (χ4n) is 2.05. The van der Waals surface area contributed by atoms with E-state index in [4.69, 9.17) is 5.26 Å². The predicted molar refractivity (Wildman–Crippen MR) is 77.4 cm³/mol. The van der Waals surface area contributed by atoms with E-state index in [0.29, 0.717) is 12.0 Å². The Morgan fingerprint density at radius 2 is 2.05 bits per heavy atom. The van der Waals surface area contributed by atoms with Crippen LogP contribution in [0.4, 0.5) is 0 Å². The molecule has 100 valence electrons. The smallest absolute Gasteiger partial charge is 0.162 e. The van der Waals surface area contributed by atoms with Crippen LogP contribution in [0.25, 0.3) is 0 Å². The van der Waals surface area contributed by atoms with Crippen LogP contribution in [-0.4, -0.2) is 10.8 Å². The molecular weight excluding hydrogens is 248 g/mol. The average molecular weight is 264 g/mol. The monoisotopic (exact) mass is 264 g/mol. The third kappa shape index (κ3) is 3.52. The standard InChI is InChI=1S/C17H16N2O/c1-13(16-11-14(12-18)9-10-19-16)7-8-17(20)15-5-3-2-4-6-15/h2-6,9-11,13H,7-8H2,1H3. The highest BCUT2D eigenvalue weighted by atomic mass is 16.1. The number of carbonyl (C=O) groups excluding carboxylic acids is 1. The molecule has 0 saturated carbocycles. The number of nitriles is 1. The molecule has 3 nitrogen and oxygen atoms in total. The van der Waals surface area contributed by atoms with Crippen LogP contribution in [0.3, 0.4) is 0 Å². The Kier molecular flexibility index (Phi) is 4.62. The summed E-state index contributed by atoms with van der Waals surface area (Å²) in [5.41, 5.74) is 2.22. The Bertz CT molecular complexity index is 629. The molecule has 0 radical (unpaired) electrons. The second-order valence-corrected chi connectivity index (χ2v) is 4.81. The van der Waals surface area contributed by atoms with E-state index >= 15 is 0 Å². The minimum atomic E-state index is 0.147. The summed E-state index contributed by atoms with van der Waals surface area (Å²) in [5, 5.41) is 8.88. The number of rotatable bonds is 5. The lowest BCUT2D eigenvalue weighted by atomic mass is 9.96. The summed E-state index contributed by atoms with van der Waals surface area (Å²) in [7, 11) is 0. The number of carbonyl (C=O) groups is 1. The lowest BCUT2D eigenvalue weighted by Gasteiger charge is -2.10. The Morgan fingerprint density at radius 1 is 1.30 bits per heavy atom. The quantitative estimate of drug-likeness (QED) is 0.773. The molecule has 1 aromatic carbocycles. The van der Waals surface area contributed by atoms with Gasteiger partial charge in [0.15, 0.2) is 5.78 Å². The van der Waals surface area contributed by atoms with Crippen molar-refractivity contribution in [3.05, 3.63) is 65.5 Å². The van der Waals surface area contributed by atoms with Gasteiger partial charge in [0.2, 0.25) is 0 Å². The van der Waals surface area contributed by atoms with Gasteiger partial charge in [-0.1, -0.05) is 37.3 Å². The number of benzene rings is 1.